The van der Waals surface area contributed by atoms with E-state index >= 15 is 0 Å². The van der Waals surface area contributed by atoms with Crippen LogP contribution in [-0.2, 0) is 13.1 Å². The Bertz CT molecular complexity index is 546. The van der Waals surface area contributed by atoms with Crippen LogP contribution in [-0.4, -0.2) is 12.1 Å². The van der Waals surface area contributed by atoms with Crippen molar-refractivity contribution >= 4 is 11.6 Å². The maximum Gasteiger partial charge on any atom is 0.212 e. The fourth-order valence-corrected chi connectivity index (χ4v) is 1.75. The summed E-state index contributed by atoms with van der Waals surface area (Å²) in [6.07, 6.45) is 1.74. The number of methoxy groups -OCH3 is 1. The Labute approximate surface area is 116 Å². The van der Waals surface area contributed by atoms with Gasteiger partial charge in [-0.25, -0.2) is 9.37 Å². The lowest BCUT2D eigenvalue weighted by Gasteiger charge is -2.06. The normalized spacial score (nSPS) is 10.5. The van der Waals surface area contributed by atoms with Crippen LogP contribution in [0.2, 0.25) is 5.02 Å². The molecule has 5 heteroatoms. The van der Waals surface area contributed by atoms with Gasteiger partial charge in [0.1, 0.15) is 5.82 Å². The van der Waals surface area contributed by atoms with E-state index < -0.39 is 5.82 Å². The summed E-state index contributed by atoms with van der Waals surface area (Å²) < 4.78 is 18.2. The molecule has 0 bridgehead atoms. The maximum absolute atomic E-state index is 13.2. The molecule has 0 unspecified atom stereocenters. The quantitative estimate of drug-likeness (QED) is 0.913. The average Bonchev–Trinajstić information content (AvgIpc) is 2.43. The Morgan fingerprint density at radius 3 is 2.58 bits per heavy atom. The third-order valence-electron chi connectivity index (χ3n) is 2.65. The van der Waals surface area contributed by atoms with E-state index in [4.69, 9.17) is 16.3 Å². The summed E-state index contributed by atoms with van der Waals surface area (Å²) in [6, 6.07) is 8.52. The molecule has 1 aromatic heterocycles. The Balaban J connectivity index is 1.86. The fraction of sp³-hybridized carbons (Fsp3) is 0.214. The van der Waals surface area contributed by atoms with E-state index in [2.05, 4.69) is 10.3 Å². The lowest BCUT2D eigenvalue weighted by atomic mass is 10.2. The van der Waals surface area contributed by atoms with Gasteiger partial charge in [-0.2, -0.15) is 0 Å². The van der Waals surface area contributed by atoms with Crippen molar-refractivity contribution in [1.82, 2.24) is 10.3 Å². The summed E-state index contributed by atoms with van der Waals surface area (Å²) in [4.78, 5) is 4.11. The minimum atomic E-state index is -0.396. The lowest BCUT2D eigenvalue weighted by Crippen LogP contribution is -2.13. The van der Waals surface area contributed by atoms with Gasteiger partial charge in [0.15, 0.2) is 0 Å². The van der Waals surface area contributed by atoms with E-state index in [0.717, 1.165) is 11.1 Å². The monoisotopic (exact) mass is 280 g/mol. The molecule has 0 amide bonds. The highest BCUT2D eigenvalue weighted by molar-refractivity contribution is 6.30. The summed E-state index contributed by atoms with van der Waals surface area (Å²) in [5.41, 5.74) is 1.89. The zero-order valence-electron chi connectivity index (χ0n) is 10.5. The van der Waals surface area contributed by atoms with Crippen molar-refractivity contribution in [3.63, 3.8) is 0 Å². The molecule has 0 saturated heterocycles. The number of nitrogens with zero attached hydrogens (tertiary/aromatic N) is 1. The smallest absolute Gasteiger partial charge is 0.212 e. The van der Waals surface area contributed by atoms with E-state index in [1.165, 1.54) is 6.07 Å². The Morgan fingerprint density at radius 1 is 1.21 bits per heavy atom. The first-order chi connectivity index (χ1) is 9.19. The fourth-order valence-electron chi connectivity index (χ4n) is 1.64. The van der Waals surface area contributed by atoms with Gasteiger partial charge in [-0.1, -0.05) is 23.7 Å². The van der Waals surface area contributed by atoms with Crippen molar-refractivity contribution in [2.45, 2.75) is 13.1 Å². The summed E-state index contributed by atoms with van der Waals surface area (Å²) >= 11 is 5.62. The third-order valence-corrected chi connectivity index (χ3v) is 2.96. The first-order valence-electron chi connectivity index (χ1n) is 5.82. The first kappa shape index (κ1) is 13.8. The second-order valence-electron chi connectivity index (χ2n) is 4.06. The molecule has 0 fully saturated rings. The van der Waals surface area contributed by atoms with Crippen LogP contribution in [0.25, 0.3) is 0 Å². The number of pyridine rings is 1. The number of halogens is 2. The summed E-state index contributed by atoms with van der Waals surface area (Å²) in [6.45, 7) is 1.22. The van der Waals surface area contributed by atoms with E-state index in [-0.39, 0.29) is 5.02 Å². The van der Waals surface area contributed by atoms with Crippen LogP contribution in [0.4, 0.5) is 4.39 Å². The molecule has 19 heavy (non-hydrogen) atoms. The highest BCUT2D eigenvalue weighted by atomic mass is 35.5. The van der Waals surface area contributed by atoms with Gasteiger partial charge in [0.05, 0.1) is 12.1 Å². The van der Waals surface area contributed by atoms with E-state index in [0.29, 0.717) is 19.0 Å². The zero-order valence-corrected chi connectivity index (χ0v) is 11.2. The van der Waals surface area contributed by atoms with Crippen LogP contribution >= 0.6 is 11.6 Å². The molecule has 1 aromatic carbocycles. The number of aromatic nitrogens is 1. The van der Waals surface area contributed by atoms with Crippen LogP contribution in [0, 0.1) is 5.82 Å². The molecule has 2 rings (SSSR count). The summed E-state index contributed by atoms with van der Waals surface area (Å²) in [5.74, 6) is 0.190. The Hall–Kier alpha value is -1.65. The van der Waals surface area contributed by atoms with Crippen LogP contribution in [0.15, 0.2) is 36.5 Å². The van der Waals surface area contributed by atoms with Crippen molar-refractivity contribution in [3.05, 3.63) is 58.5 Å². The van der Waals surface area contributed by atoms with Crippen molar-refractivity contribution in [2.24, 2.45) is 0 Å². The van der Waals surface area contributed by atoms with Crippen molar-refractivity contribution in [3.8, 4) is 5.88 Å². The van der Waals surface area contributed by atoms with Gasteiger partial charge in [-0.3, -0.25) is 0 Å². The SMILES string of the molecule is COc1ccc(CNCc2ccc(Cl)c(F)c2)cn1. The highest BCUT2D eigenvalue weighted by Crippen LogP contribution is 2.15. The van der Waals surface area contributed by atoms with Gasteiger partial charge in [0.25, 0.3) is 0 Å². The van der Waals surface area contributed by atoms with Crippen LogP contribution in [0.5, 0.6) is 5.88 Å². The number of hydrogen-bond donors (Lipinski definition) is 1. The predicted molar refractivity (Wildman–Crippen MR) is 72.7 cm³/mol. The molecule has 100 valence electrons. The van der Waals surface area contributed by atoms with Crippen molar-refractivity contribution in [2.75, 3.05) is 7.11 Å². The van der Waals surface area contributed by atoms with Crippen LogP contribution < -0.4 is 10.1 Å². The maximum atomic E-state index is 13.2. The van der Waals surface area contributed by atoms with Gasteiger partial charge in [0, 0.05) is 25.4 Å². The highest BCUT2D eigenvalue weighted by Gasteiger charge is 2.01. The average molecular weight is 281 g/mol. The number of rotatable bonds is 5. The molecule has 0 aliphatic heterocycles. The Kier molecular flexibility index (Phi) is 4.71. The van der Waals surface area contributed by atoms with E-state index in [1.807, 2.05) is 6.07 Å². The standard InChI is InChI=1S/C14H14ClFN2O/c1-19-14-5-3-11(9-18-14)8-17-7-10-2-4-12(15)13(16)6-10/h2-6,9,17H,7-8H2,1H3. The van der Waals surface area contributed by atoms with Crippen LogP contribution in [0.3, 0.4) is 0 Å². The minimum absolute atomic E-state index is 0.142. The second kappa shape index (κ2) is 6.50. The van der Waals surface area contributed by atoms with Crippen LogP contribution in [0.1, 0.15) is 11.1 Å². The number of nitrogens with one attached hydrogen (secondary N) is 1. The first-order valence-corrected chi connectivity index (χ1v) is 6.20. The molecule has 0 aliphatic carbocycles. The molecule has 1 N–H and O–H groups in total. The molecule has 2 aromatic rings. The molecular weight excluding hydrogens is 267 g/mol. The summed E-state index contributed by atoms with van der Waals surface area (Å²) in [5, 5.41) is 3.35. The number of benzene rings is 1. The van der Waals surface area contributed by atoms with E-state index in [9.17, 15) is 4.39 Å². The molecule has 0 radical (unpaired) electrons. The van der Waals surface area contributed by atoms with Gasteiger partial charge in [-0.05, 0) is 23.3 Å². The van der Waals surface area contributed by atoms with Gasteiger partial charge in [0.2, 0.25) is 5.88 Å². The topological polar surface area (TPSA) is 34.1 Å². The molecule has 0 atom stereocenters. The molecule has 0 saturated carbocycles. The van der Waals surface area contributed by atoms with Gasteiger partial charge < -0.3 is 10.1 Å². The molecular formula is C14H14ClFN2O. The molecule has 3 nitrogen and oxygen atoms in total. The van der Waals surface area contributed by atoms with Gasteiger partial charge >= 0.3 is 0 Å². The number of ether oxygens (including phenoxy) is 1. The molecule has 0 spiro atoms. The minimum Gasteiger partial charge on any atom is -0.481 e. The second-order valence-corrected chi connectivity index (χ2v) is 4.47. The lowest BCUT2D eigenvalue weighted by molar-refractivity contribution is 0.397. The number of hydrogen-bond acceptors (Lipinski definition) is 3. The largest absolute Gasteiger partial charge is 0.481 e. The zero-order chi connectivity index (χ0) is 13.7. The molecule has 0 aliphatic rings. The van der Waals surface area contributed by atoms with Gasteiger partial charge in [-0.15, -0.1) is 0 Å². The van der Waals surface area contributed by atoms with Crippen molar-refractivity contribution in [1.29, 1.82) is 0 Å². The molecule has 1 heterocycles. The van der Waals surface area contributed by atoms with Crippen molar-refractivity contribution < 1.29 is 9.13 Å². The third kappa shape index (κ3) is 3.91. The predicted octanol–water partition coefficient (Wildman–Crippen LogP) is 3.17. The van der Waals surface area contributed by atoms with E-state index in [1.54, 1.807) is 31.5 Å². The summed E-state index contributed by atoms with van der Waals surface area (Å²) in [7, 11) is 1.58. The Morgan fingerprint density at radius 2 is 1.95 bits per heavy atom.